The number of amides is 1. The first-order valence-corrected chi connectivity index (χ1v) is 34.3. The molecule has 0 aromatic heterocycles. The number of rotatable bonds is 64. The molecule has 6 nitrogen and oxygen atoms in total. The summed E-state index contributed by atoms with van der Waals surface area (Å²) in [6.45, 7) is 4.88. The number of aliphatic hydroxyl groups is 2. The van der Waals surface area contributed by atoms with E-state index in [2.05, 4.69) is 43.5 Å². The molecule has 6 heteroatoms. The van der Waals surface area contributed by atoms with Crippen LogP contribution in [0.2, 0.25) is 0 Å². The number of ether oxygens (including phenoxy) is 1. The normalized spacial score (nSPS) is 12.7. The van der Waals surface area contributed by atoms with E-state index >= 15 is 0 Å². The Bertz CT molecular complexity index is 1230. The van der Waals surface area contributed by atoms with Crippen molar-refractivity contribution in [2.45, 2.75) is 386 Å². The van der Waals surface area contributed by atoms with Crippen LogP contribution in [0.5, 0.6) is 0 Å². The molecule has 0 aromatic carbocycles. The van der Waals surface area contributed by atoms with Crippen LogP contribution < -0.4 is 5.32 Å². The summed E-state index contributed by atoms with van der Waals surface area (Å²) in [4.78, 5) is 24.6. The van der Waals surface area contributed by atoms with E-state index in [0.29, 0.717) is 19.4 Å². The molecule has 2 atom stereocenters. The second-order valence-corrected chi connectivity index (χ2v) is 23.5. The van der Waals surface area contributed by atoms with E-state index in [-0.39, 0.29) is 18.5 Å². The lowest BCUT2D eigenvalue weighted by Gasteiger charge is -2.20. The Morgan fingerprint density at radius 1 is 0.368 bits per heavy atom. The molecule has 3 N–H and O–H groups in total. The summed E-state index contributed by atoms with van der Waals surface area (Å²) < 4.78 is 5.48. The van der Waals surface area contributed by atoms with Gasteiger partial charge in [0.25, 0.3) is 0 Å². The van der Waals surface area contributed by atoms with E-state index in [1.54, 1.807) is 6.08 Å². The van der Waals surface area contributed by atoms with Crippen molar-refractivity contribution in [1.82, 2.24) is 5.32 Å². The van der Waals surface area contributed by atoms with Crippen LogP contribution >= 0.6 is 0 Å². The van der Waals surface area contributed by atoms with E-state index in [1.807, 2.05) is 6.08 Å². The van der Waals surface area contributed by atoms with Gasteiger partial charge < -0.3 is 20.3 Å². The first-order chi connectivity index (χ1) is 37.5. The van der Waals surface area contributed by atoms with Gasteiger partial charge in [0, 0.05) is 12.8 Å². The Labute approximate surface area is 474 Å². The minimum Gasteiger partial charge on any atom is -0.466 e. The third-order valence-electron chi connectivity index (χ3n) is 15.9. The number of esters is 1. The third-order valence-corrected chi connectivity index (χ3v) is 15.9. The zero-order chi connectivity index (χ0) is 55.0. The fraction of sp³-hybridized carbons (Fsp3) is 0.886. The highest BCUT2D eigenvalue weighted by Gasteiger charge is 2.18. The van der Waals surface area contributed by atoms with Crippen molar-refractivity contribution in [2.75, 3.05) is 13.2 Å². The summed E-state index contributed by atoms with van der Waals surface area (Å²) in [5.41, 5.74) is 0. The van der Waals surface area contributed by atoms with Crippen LogP contribution in [-0.2, 0) is 14.3 Å². The highest BCUT2D eigenvalue weighted by Crippen LogP contribution is 2.18. The largest absolute Gasteiger partial charge is 0.466 e. The van der Waals surface area contributed by atoms with Gasteiger partial charge in [-0.2, -0.15) is 0 Å². The van der Waals surface area contributed by atoms with Crippen molar-refractivity contribution < 1.29 is 24.5 Å². The lowest BCUT2D eigenvalue weighted by Crippen LogP contribution is -2.45. The van der Waals surface area contributed by atoms with Crippen molar-refractivity contribution in [2.24, 2.45) is 0 Å². The summed E-state index contributed by atoms with van der Waals surface area (Å²) in [6, 6.07) is -0.646. The minimum atomic E-state index is -0.861. The van der Waals surface area contributed by atoms with Gasteiger partial charge in [-0.15, -0.1) is 0 Å². The van der Waals surface area contributed by atoms with Gasteiger partial charge in [-0.25, -0.2) is 0 Å². The monoisotopic (exact) mass is 1070 g/mol. The lowest BCUT2D eigenvalue weighted by atomic mass is 10.0. The molecule has 0 radical (unpaired) electrons. The van der Waals surface area contributed by atoms with E-state index in [9.17, 15) is 19.8 Å². The number of hydrogen-bond donors (Lipinski definition) is 3. The van der Waals surface area contributed by atoms with Crippen LogP contribution in [0, 0.1) is 0 Å². The van der Waals surface area contributed by atoms with Gasteiger partial charge >= 0.3 is 5.97 Å². The van der Waals surface area contributed by atoms with Gasteiger partial charge in [-0.3, -0.25) is 9.59 Å². The second-order valence-electron chi connectivity index (χ2n) is 23.5. The van der Waals surface area contributed by atoms with Gasteiger partial charge in [-0.1, -0.05) is 333 Å². The molecular weight excluding hydrogens is 935 g/mol. The molecule has 1 amide bonds. The molecule has 0 aliphatic rings. The number of allylic oxidation sites excluding steroid dienone is 5. The van der Waals surface area contributed by atoms with Crippen LogP contribution in [0.1, 0.15) is 373 Å². The van der Waals surface area contributed by atoms with Gasteiger partial charge in [0.2, 0.25) is 5.91 Å². The summed E-state index contributed by atoms with van der Waals surface area (Å²) in [7, 11) is 0. The minimum absolute atomic E-state index is 0.0173. The molecule has 448 valence electrons. The van der Waals surface area contributed by atoms with Crippen LogP contribution in [0.15, 0.2) is 36.5 Å². The van der Waals surface area contributed by atoms with Gasteiger partial charge in [0.1, 0.15) is 0 Å². The molecule has 0 heterocycles. The van der Waals surface area contributed by atoms with Crippen LogP contribution in [-0.4, -0.2) is 47.4 Å². The first kappa shape index (κ1) is 74.1. The van der Waals surface area contributed by atoms with Crippen molar-refractivity contribution >= 4 is 11.9 Å². The lowest BCUT2D eigenvalue weighted by molar-refractivity contribution is -0.143. The predicted molar refractivity (Wildman–Crippen MR) is 333 cm³/mol. The third kappa shape index (κ3) is 61.3. The highest BCUT2D eigenvalue weighted by atomic mass is 16.5. The maximum absolute atomic E-state index is 12.5. The average Bonchev–Trinajstić information content (AvgIpc) is 3.42. The maximum Gasteiger partial charge on any atom is 0.305 e. The molecule has 0 aliphatic carbocycles. The molecule has 0 aromatic rings. The molecular formula is C70H133NO5. The number of hydrogen-bond acceptors (Lipinski definition) is 5. The Morgan fingerprint density at radius 3 is 0.974 bits per heavy atom. The molecule has 0 saturated heterocycles. The molecule has 0 bridgehead atoms. The first-order valence-electron chi connectivity index (χ1n) is 34.3. The molecule has 2 unspecified atom stereocenters. The zero-order valence-electron chi connectivity index (χ0n) is 51.3. The topological polar surface area (TPSA) is 95.9 Å². The summed E-state index contributed by atoms with van der Waals surface area (Å²) in [6.07, 6.45) is 83.5. The Balaban J connectivity index is 3.50. The van der Waals surface area contributed by atoms with Gasteiger partial charge in [-0.05, 0) is 64.2 Å². The summed E-state index contributed by atoms with van der Waals surface area (Å²) >= 11 is 0. The van der Waals surface area contributed by atoms with Gasteiger partial charge in [0.05, 0.1) is 25.4 Å². The van der Waals surface area contributed by atoms with E-state index in [0.717, 1.165) is 77.0 Å². The van der Waals surface area contributed by atoms with Crippen molar-refractivity contribution in [3.8, 4) is 0 Å². The Kier molecular flexibility index (Phi) is 63.9. The van der Waals surface area contributed by atoms with Crippen LogP contribution in [0.4, 0.5) is 0 Å². The fourth-order valence-electron chi connectivity index (χ4n) is 10.7. The SMILES string of the molecule is CCCCCCCCCCCCCCCCCCCCCCCCC/C=C/C(O)C(CO)NC(=O)CCCCCCCC/C=C\C=C/CCCCCOC(=O)CCCCCCCCCCCCCCCCCCCCC. The van der Waals surface area contributed by atoms with Crippen LogP contribution in [0.3, 0.4) is 0 Å². The number of carbonyl (C=O) groups is 2. The number of unbranched alkanes of at least 4 members (excludes halogenated alkanes) is 50. The Hall–Kier alpha value is -1.92. The van der Waals surface area contributed by atoms with Crippen molar-refractivity contribution in [1.29, 1.82) is 0 Å². The molecule has 76 heavy (non-hydrogen) atoms. The molecule has 0 fully saturated rings. The van der Waals surface area contributed by atoms with Crippen LogP contribution in [0.25, 0.3) is 0 Å². The highest BCUT2D eigenvalue weighted by molar-refractivity contribution is 5.76. The average molecular weight is 1070 g/mol. The Morgan fingerprint density at radius 2 is 0.645 bits per heavy atom. The summed E-state index contributed by atoms with van der Waals surface area (Å²) in [5.74, 6) is -0.104. The molecule has 0 saturated carbocycles. The van der Waals surface area contributed by atoms with E-state index < -0.39 is 12.1 Å². The molecule has 0 spiro atoms. The fourth-order valence-corrected chi connectivity index (χ4v) is 10.7. The molecule has 0 aliphatic heterocycles. The van der Waals surface area contributed by atoms with Crippen molar-refractivity contribution in [3.63, 3.8) is 0 Å². The predicted octanol–water partition coefficient (Wildman–Crippen LogP) is 21.9. The van der Waals surface area contributed by atoms with Crippen molar-refractivity contribution in [3.05, 3.63) is 36.5 Å². The van der Waals surface area contributed by atoms with E-state index in [1.165, 1.54) is 270 Å². The smallest absolute Gasteiger partial charge is 0.305 e. The zero-order valence-corrected chi connectivity index (χ0v) is 51.3. The molecule has 0 rings (SSSR count). The summed E-state index contributed by atoms with van der Waals surface area (Å²) in [5, 5.41) is 23.2. The van der Waals surface area contributed by atoms with E-state index in [4.69, 9.17) is 4.74 Å². The standard InChI is InChI=1S/C70H133NO5/c1-3-5-7-9-11-13-15-17-19-21-23-24-25-26-27-28-30-31-34-38-42-46-50-54-58-62-68(73)67(66-72)71-69(74)63-59-55-51-47-43-39-35-33-37-41-45-49-53-57-61-65-76-70(75)64-60-56-52-48-44-40-36-32-29-22-20-18-16-14-12-10-8-6-4-2/h33,37,41,45,58,62,67-68,72-73H,3-32,34-36,38-40,42-44,46-57,59-61,63-66H2,1-2H3,(H,71,74)/b37-33-,45-41-,62-58+. The van der Waals surface area contributed by atoms with Gasteiger partial charge in [0.15, 0.2) is 0 Å². The quantitative estimate of drug-likeness (QED) is 0.0244. The number of carbonyl (C=O) groups excluding carboxylic acids is 2. The second kappa shape index (κ2) is 65.6. The number of nitrogens with one attached hydrogen (secondary N) is 1. The number of aliphatic hydroxyl groups excluding tert-OH is 2. The maximum atomic E-state index is 12.5.